The number of ether oxygens (including phenoxy) is 2. The first-order chi connectivity index (χ1) is 11.1. The lowest BCUT2D eigenvalue weighted by atomic mass is 9.76. The van der Waals surface area contributed by atoms with Crippen molar-refractivity contribution in [2.45, 2.75) is 51.7 Å². The maximum Gasteiger partial charge on any atom is 0.0844 e. The zero-order valence-electron chi connectivity index (χ0n) is 14.5. The molecule has 1 aromatic carbocycles. The Morgan fingerprint density at radius 3 is 2.87 bits per heavy atom. The molecule has 1 saturated carbocycles. The number of aliphatic hydroxyl groups is 1. The van der Waals surface area contributed by atoms with E-state index in [1.165, 1.54) is 6.42 Å². The zero-order chi connectivity index (χ0) is 16.5. The summed E-state index contributed by atoms with van der Waals surface area (Å²) in [5.74, 6) is 0.355. The van der Waals surface area contributed by atoms with Crippen LogP contribution in [0.5, 0.6) is 0 Å². The second-order valence-electron chi connectivity index (χ2n) is 6.55. The fourth-order valence-electron chi connectivity index (χ4n) is 3.14. The summed E-state index contributed by atoms with van der Waals surface area (Å²) >= 11 is 0. The molecule has 0 radical (unpaired) electrons. The lowest BCUT2D eigenvalue weighted by Crippen LogP contribution is -2.45. The van der Waals surface area contributed by atoms with Gasteiger partial charge in [-0.05, 0) is 43.4 Å². The molecule has 0 aromatic heterocycles. The highest BCUT2D eigenvalue weighted by atomic mass is 16.5. The Hall–Kier alpha value is -1.10. The monoisotopic (exact) mass is 321 g/mol. The standard InChI is InChI=1S/C19H31NO3/c1-3-22-11-12-23-14-17-8-6-9-18(13-17)20-15-19(21)10-5-4-7-16(19)2/h6,8-9,13,16,20-21H,3-5,7,10-12,14-15H2,1-2H3. The van der Waals surface area contributed by atoms with Gasteiger partial charge in [-0.3, -0.25) is 0 Å². The molecule has 1 aromatic rings. The van der Waals surface area contributed by atoms with Gasteiger partial charge in [0.1, 0.15) is 0 Å². The molecule has 4 nitrogen and oxygen atoms in total. The Morgan fingerprint density at radius 1 is 1.26 bits per heavy atom. The van der Waals surface area contributed by atoms with Gasteiger partial charge in [0.2, 0.25) is 0 Å². The molecule has 2 unspecified atom stereocenters. The van der Waals surface area contributed by atoms with E-state index in [-0.39, 0.29) is 0 Å². The van der Waals surface area contributed by atoms with E-state index < -0.39 is 5.60 Å². The van der Waals surface area contributed by atoms with Crippen LogP contribution >= 0.6 is 0 Å². The Labute approximate surface area is 140 Å². The van der Waals surface area contributed by atoms with Crippen LogP contribution in [0.4, 0.5) is 5.69 Å². The van der Waals surface area contributed by atoms with Gasteiger partial charge >= 0.3 is 0 Å². The summed E-state index contributed by atoms with van der Waals surface area (Å²) in [7, 11) is 0. The van der Waals surface area contributed by atoms with Crippen molar-refractivity contribution >= 4 is 5.69 Å². The second kappa shape index (κ2) is 9.26. The summed E-state index contributed by atoms with van der Waals surface area (Å²) in [6.07, 6.45) is 4.36. The van der Waals surface area contributed by atoms with Crippen LogP contribution in [-0.2, 0) is 16.1 Å². The predicted octanol–water partition coefficient (Wildman–Crippen LogP) is 3.59. The second-order valence-corrected chi connectivity index (χ2v) is 6.55. The number of hydrogen-bond donors (Lipinski definition) is 2. The largest absolute Gasteiger partial charge is 0.388 e. The van der Waals surface area contributed by atoms with Crippen LogP contribution in [0, 0.1) is 5.92 Å². The van der Waals surface area contributed by atoms with Crippen LogP contribution in [0.1, 0.15) is 45.1 Å². The molecular weight excluding hydrogens is 290 g/mol. The Bertz CT molecular complexity index is 466. The highest BCUT2D eigenvalue weighted by molar-refractivity contribution is 5.46. The maximum absolute atomic E-state index is 10.8. The zero-order valence-corrected chi connectivity index (χ0v) is 14.5. The minimum atomic E-state index is -0.581. The SMILES string of the molecule is CCOCCOCc1cccc(NCC2(O)CCCCC2C)c1. The fraction of sp³-hybridized carbons (Fsp3) is 0.684. The molecule has 0 heterocycles. The predicted molar refractivity (Wildman–Crippen MR) is 93.7 cm³/mol. The van der Waals surface area contributed by atoms with Crippen molar-refractivity contribution < 1.29 is 14.6 Å². The first kappa shape index (κ1) is 18.2. The van der Waals surface area contributed by atoms with E-state index in [2.05, 4.69) is 24.4 Å². The summed E-state index contributed by atoms with van der Waals surface area (Å²) in [4.78, 5) is 0. The third-order valence-corrected chi connectivity index (χ3v) is 4.78. The van der Waals surface area contributed by atoms with Crippen molar-refractivity contribution in [2.75, 3.05) is 31.7 Å². The van der Waals surface area contributed by atoms with Crippen molar-refractivity contribution in [1.29, 1.82) is 0 Å². The van der Waals surface area contributed by atoms with E-state index in [0.29, 0.717) is 32.3 Å². The molecule has 2 rings (SSSR count). The Morgan fingerprint density at radius 2 is 2.09 bits per heavy atom. The quantitative estimate of drug-likeness (QED) is 0.683. The van der Waals surface area contributed by atoms with Crippen LogP contribution in [0.3, 0.4) is 0 Å². The van der Waals surface area contributed by atoms with E-state index in [0.717, 1.165) is 37.1 Å². The normalized spacial score (nSPS) is 24.6. The third-order valence-electron chi connectivity index (χ3n) is 4.78. The minimum Gasteiger partial charge on any atom is -0.388 e. The number of anilines is 1. The molecule has 0 amide bonds. The molecule has 130 valence electrons. The van der Waals surface area contributed by atoms with E-state index in [1.807, 2.05) is 19.1 Å². The van der Waals surface area contributed by atoms with Gasteiger partial charge < -0.3 is 19.9 Å². The van der Waals surface area contributed by atoms with Crippen LogP contribution in [-0.4, -0.2) is 37.1 Å². The topological polar surface area (TPSA) is 50.7 Å². The van der Waals surface area contributed by atoms with Crippen molar-refractivity contribution in [1.82, 2.24) is 0 Å². The van der Waals surface area contributed by atoms with E-state index >= 15 is 0 Å². The van der Waals surface area contributed by atoms with Crippen molar-refractivity contribution in [2.24, 2.45) is 5.92 Å². The molecule has 0 saturated heterocycles. The molecular formula is C19H31NO3. The van der Waals surface area contributed by atoms with Gasteiger partial charge in [0, 0.05) is 18.8 Å². The Balaban J connectivity index is 1.80. The highest BCUT2D eigenvalue weighted by Gasteiger charge is 2.35. The molecule has 2 atom stereocenters. The molecule has 4 heteroatoms. The summed E-state index contributed by atoms with van der Waals surface area (Å²) in [6.45, 7) is 7.32. The van der Waals surface area contributed by atoms with E-state index in [9.17, 15) is 5.11 Å². The highest BCUT2D eigenvalue weighted by Crippen LogP contribution is 2.33. The lowest BCUT2D eigenvalue weighted by molar-refractivity contribution is -0.0290. The minimum absolute atomic E-state index is 0.355. The Kier molecular flexibility index (Phi) is 7.34. The van der Waals surface area contributed by atoms with Crippen LogP contribution in [0.2, 0.25) is 0 Å². The number of hydrogen-bond acceptors (Lipinski definition) is 4. The molecule has 1 aliphatic rings. The van der Waals surface area contributed by atoms with Gasteiger partial charge in [-0.1, -0.05) is 31.9 Å². The third kappa shape index (κ3) is 5.79. The van der Waals surface area contributed by atoms with Crippen LogP contribution < -0.4 is 5.32 Å². The van der Waals surface area contributed by atoms with Crippen molar-refractivity contribution in [3.05, 3.63) is 29.8 Å². The summed E-state index contributed by atoms with van der Waals surface area (Å²) in [6, 6.07) is 8.22. The maximum atomic E-state index is 10.8. The number of rotatable bonds is 9. The van der Waals surface area contributed by atoms with Gasteiger partial charge in [0.15, 0.2) is 0 Å². The van der Waals surface area contributed by atoms with E-state index in [4.69, 9.17) is 9.47 Å². The lowest BCUT2D eigenvalue weighted by Gasteiger charge is -2.38. The average Bonchev–Trinajstić information content (AvgIpc) is 2.56. The molecule has 0 bridgehead atoms. The van der Waals surface area contributed by atoms with E-state index in [1.54, 1.807) is 0 Å². The van der Waals surface area contributed by atoms with Gasteiger partial charge in [-0.2, -0.15) is 0 Å². The average molecular weight is 321 g/mol. The molecule has 23 heavy (non-hydrogen) atoms. The molecule has 2 N–H and O–H groups in total. The molecule has 1 aliphatic carbocycles. The van der Waals surface area contributed by atoms with Crippen LogP contribution in [0.25, 0.3) is 0 Å². The summed E-state index contributed by atoms with van der Waals surface area (Å²) in [5, 5.41) is 14.2. The van der Waals surface area contributed by atoms with Crippen molar-refractivity contribution in [3.8, 4) is 0 Å². The van der Waals surface area contributed by atoms with Gasteiger partial charge in [-0.25, -0.2) is 0 Å². The fourth-order valence-corrected chi connectivity index (χ4v) is 3.14. The first-order valence-electron chi connectivity index (χ1n) is 8.85. The van der Waals surface area contributed by atoms with Crippen LogP contribution in [0.15, 0.2) is 24.3 Å². The number of nitrogens with one attached hydrogen (secondary N) is 1. The molecule has 1 fully saturated rings. The van der Waals surface area contributed by atoms with Gasteiger partial charge in [-0.15, -0.1) is 0 Å². The summed E-state index contributed by atoms with van der Waals surface area (Å²) in [5.41, 5.74) is 1.60. The smallest absolute Gasteiger partial charge is 0.0844 e. The van der Waals surface area contributed by atoms with Gasteiger partial charge in [0.05, 0.1) is 25.4 Å². The number of benzene rings is 1. The molecule has 0 aliphatic heterocycles. The van der Waals surface area contributed by atoms with Gasteiger partial charge in [0.25, 0.3) is 0 Å². The molecule has 0 spiro atoms. The summed E-state index contributed by atoms with van der Waals surface area (Å²) < 4.78 is 10.9. The first-order valence-corrected chi connectivity index (χ1v) is 8.85. The van der Waals surface area contributed by atoms with Crippen molar-refractivity contribution in [3.63, 3.8) is 0 Å².